The minimum absolute atomic E-state index is 0.157. The van der Waals surface area contributed by atoms with Gasteiger partial charge >= 0.3 is 5.97 Å². The van der Waals surface area contributed by atoms with Gasteiger partial charge in [0.05, 0.1) is 16.8 Å². The fourth-order valence-corrected chi connectivity index (χ4v) is 2.53. The summed E-state index contributed by atoms with van der Waals surface area (Å²) in [5, 5.41) is 28.0. The van der Waals surface area contributed by atoms with Gasteiger partial charge in [-0.25, -0.2) is 9.18 Å². The number of aromatic carboxylic acids is 1. The molecule has 0 saturated carbocycles. The lowest BCUT2D eigenvalue weighted by Gasteiger charge is -2.07. The Kier molecular flexibility index (Phi) is 3.26. The highest BCUT2D eigenvalue weighted by Gasteiger charge is 2.17. The van der Waals surface area contributed by atoms with Crippen LogP contribution in [0.25, 0.3) is 16.8 Å². The Morgan fingerprint density at radius 3 is 2.65 bits per heavy atom. The van der Waals surface area contributed by atoms with Crippen LogP contribution >= 0.6 is 0 Å². The van der Waals surface area contributed by atoms with Crippen molar-refractivity contribution in [3.63, 3.8) is 0 Å². The van der Waals surface area contributed by atoms with Crippen LogP contribution in [-0.4, -0.2) is 20.6 Å². The first-order chi connectivity index (χ1) is 10.9. The maximum absolute atomic E-state index is 14.3. The van der Waals surface area contributed by atoms with Gasteiger partial charge in [-0.05, 0) is 36.8 Å². The Balaban J connectivity index is 2.30. The Hall–Kier alpha value is -3.33. The summed E-state index contributed by atoms with van der Waals surface area (Å²) >= 11 is 0. The summed E-state index contributed by atoms with van der Waals surface area (Å²) in [7, 11) is 0. The molecule has 0 aliphatic rings. The van der Waals surface area contributed by atoms with E-state index in [2.05, 4.69) is 0 Å². The maximum Gasteiger partial charge on any atom is 0.339 e. The van der Waals surface area contributed by atoms with Gasteiger partial charge in [0.2, 0.25) is 0 Å². The van der Waals surface area contributed by atoms with Gasteiger partial charge in [-0.15, -0.1) is 0 Å². The Morgan fingerprint density at radius 1 is 1.30 bits per heavy atom. The van der Waals surface area contributed by atoms with Gasteiger partial charge in [0.1, 0.15) is 17.4 Å². The molecule has 6 heteroatoms. The molecule has 0 aliphatic carbocycles. The van der Waals surface area contributed by atoms with Crippen LogP contribution in [0.4, 0.5) is 4.39 Å². The fourth-order valence-electron chi connectivity index (χ4n) is 2.53. The lowest BCUT2D eigenvalue weighted by Crippen LogP contribution is -1.97. The van der Waals surface area contributed by atoms with Gasteiger partial charge < -0.3 is 14.6 Å². The van der Waals surface area contributed by atoms with Crippen molar-refractivity contribution in [1.82, 2.24) is 4.40 Å². The zero-order valence-corrected chi connectivity index (χ0v) is 12.0. The number of aromatic hydroxyl groups is 1. The molecular weight excluding hydrogens is 299 g/mol. The summed E-state index contributed by atoms with van der Waals surface area (Å²) in [5.41, 5.74) is 1.49. The number of pyridine rings is 1. The second-order valence-corrected chi connectivity index (χ2v) is 5.12. The lowest BCUT2D eigenvalue weighted by molar-refractivity contribution is 0.0694. The molecule has 1 aromatic carbocycles. The molecule has 0 amide bonds. The molecule has 0 fully saturated rings. The molecule has 0 unspecified atom stereocenters. The van der Waals surface area contributed by atoms with Gasteiger partial charge in [0.15, 0.2) is 5.82 Å². The van der Waals surface area contributed by atoms with E-state index in [9.17, 15) is 19.6 Å². The molecule has 23 heavy (non-hydrogen) atoms. The molecule has 2 heterocycles. The van der Waals surface area contributed by atoms with Crippen molar-refractivity contribution in [3.05, 3.63) is 59.0 Å². The third-order valence-corrected chi connectivity index (χ3v) is 3.71. The SMILES string of the molecule is Cc1ccn2c(-c3ccc(C(=O)O)c(O)c3)cc(C#N)c2c1F. The Bertz CT molecular complexity index is 999. The van der Waals surface area contributed by atoms with Gasteiger partial charge in [-0.1, -0.05) is 6.07 Å². The predicted octanol–water partition coefficient (Wildman–Crippen LogP) is 3.33. The number of halogens is 1. The normalized spacial score (nSPS) is 10.7. The predicted molar refractivity (Wildman–Crippen MR) is 80.9 cm³/mol. The zero-order valence-electron chi connectivity index (χ0n) is 12.0. The Labute approximate surface area is 130 Å². The number of carboxylic acids is 1. The van der Waals surface area contributed by atoms with Crippen LogP contribution in [0, 0.1) is 24.1 Å². The summed E-state index contributed by atoms with van der Waals surface area (Å²) in [6.45, 7) is 1.61. The zero-order chi connectivity index (χ0) is 16.7. The third-order valence-electron chi connectivity index (χ3n) is 3.71. The number of nitriles is 1. The molecule has 5 nitrogen and oxygen atoms in total. The second-order valence-electron chi connectivity index (χ2n) is 5.12. The molecule has 3 aromatic rings. The number of aryl methyl sites for hydroxylation is 1. The van der Waals surface area contributed by atoms with E-state index < -0.39 is 17.5 Å². The topological polar surface area (TPSA) is 85.7 Å². The first kappa shape index (κ1) is 14.6. The molecule has 2 N–H and O–H groups in total. The number of benzene rings is 1. The number of hydrogen-bond donors (Lipinski definition) is 2. The number of carboxylic acid groups (broad SMARTS) is 1. The number of aromatic nitrogens is 1. The smallest absolute Gasteiger partial charge is 0.339 e. The molecule has 114 valence electrons. The largest absolute Gasteiger partial charge is 0.507 e. The number of fused-ring (bicyclic) bond motifs is 1. The van der Waals surface area contributed by atoms with Gasteiger partial charge in [-0.3, -0.25) is 0 Å². The monoisotopic (exact) mass is 310 g/mol. The van der Waals surface area contributed by atoms with Crippen molar-refractivity contribution in [2.24, 2.45) is 0 Å². The second kappa shape index (κ2) is 5.14. The fraction of sp³-hybridized carbons (Fsp3) is 0.0588. The number of phenols is 1. The van der Waals surface area contributed by atoms with Crippen molar-refractivity contribution < 1.29 is 19.4 Å². The van der Waals surface area contributed by atoms with Crippen LogP contribution in [0.15, 0.2) is 36.5 Å². The summed E-state index contributed by atoms with van der Waals surface area (Å²) in [4.78, 5) is 11.0. The van der Waals surface area contributed by atoms with E-state index in [1.54, 1.807) is 19.2 Å². The molecular formula is C17H11FN2O3. The minimum Gasteiger partial charge on any atom is -0.507 e. The van der Waals surface area contributed by atoms with Crippen molar-refractivity contribution >= 4 is 11.5 Å². The molecule has 0 spiro atoms. The van der Waals surface area contributed by atoms with E-state index in [4.69, 9.17) is 5.11 Å². The van der Waals surface area contributed by atoms with Crippen LogP contribution in [0.5, 0.6) is 5.75 Å². The molecule has 3 rings (SSSR count). The van der Waals surface area contributed by atoms with E-state index in [1.807, 2.05) is 6.07 Å². The van der Waals surface area contributed by atoms with E-state index in [0.717, 1.165) is 0 Å². The van der Waals surface area contributed by atoms with E-state index in [-0.39, 0.29) is 16.6 Å². The summed E-state index contributed by atoms with van der Waals surface area (Å²) < 4.78 is 15.8. The van der Waals surface area contributed by atoms with Crippen molar-refractivity contribution in [2.45, 2.75) is 6.92 Å². The molecule has 0 atom stereocenters. The van der Waals surface area contributed by atoms with E-state index >= 15 is 0 Å². The van der Waals surface area contributed by atoms with Crippen LogP contribution in [0.2, 0.25) is 0 Å². The first-order valence-electron chi connectivity index (χ1n) is 6.71. The molecule has 0 saturated heterocycles. The highest BCUT2D eigenvalue weighted by molar-refractivity contribution is 5.92. The van der Waals surface area contributed by atoms with Crippen molar-refractivity contribution in [2.75, 3.05) is 0 Å². The highest BCUT2D eigenvalue weighted by Crippen LogP contribution is 2.31. The van der Waals surface area contributed by atoms with Gasteiger partial charge in [-0.2, -0.15) is 5.26 Å². The van der Waals surface area contributed by atoms with Crippen LogP contribution < -0.4 is 0 Å². The van der Waals surface area contributed by atoms with Crippen LogP contribution in [0.1, 0.15) is 21.5 Å². The molecule has 2 aromatic heterocycles. The molecule has 0 aliphatic heterocycles. The maximum atomic E-state index is 14.3. The first-order valence-corrected chi connectivity index (χ1v) is 6.71. The van der Waals surface area contributed by atoms with Crippen LogP contribution in [0.3, 0.4) is 0 Å². The van der Waals surface area contributed by atoms with Crippen LogP contribution in [-0.2, 0) is 0 Å². The van der Waals surface area contributed by atoms with Gasteiger partial charge in [0.25, 0.3) is 0 Å². The van der Waals surface area contributed by atoms with E-state index in [0.29, 0.717) is 16.8 Å². The average Bonchev–Trinajstić information content (AvgIpc) is 2.89. The highest BCUT2D eigenvalue weighted by atomic mass is 19.1. The standard InChI is InChI=1S/C17H11FN2O3/c1-9-4-5-20-13(6-11(8-19)16(20)15(9)18)10-2-3-12(17(22)23)14(21)7-10/h2-7,21H,1H3,(H,22,23). The van der Waals surface area contributed by atoms with Crippen molar-refractivity contribution in [1.29, 1.82) is 5.26 Å². The van der Waals surface area contributed by atoms with E-state index in [1.165, 1.54) is 28.7 Å². The quantitative estimate of drug-likeness (QED) is 0.760. The number of rotatable bonds is 2. The summed E-state index contributed by atoms with van der Waals surface area (Å²) in [5.74, 6) is -2.12. The molecule has 0 bridgehead atoms. The summed E-state index contributed by atoms with van der Waals surface area (Å²) in [6, 6.07) is 9.10. The number of hydrogen-bond acceptors (Lipinski definition) is 3. The number of nitrogens with zero attached hydrogens (tertiary/aromatic N) is 2. The minimum atomic E-state index is -1.24. The third kappa shape index (κ3) is 2.19. The van der Waals surface area contributed by atoms with Gasteiger partial charge in [0, 0.05) is 11.8 Å². The Morgan fingerprint density at radius 2 is 2.04 bits per heavy atom. The lowest BCUT2D eigenvalue weighted by atomic mass is 10.1. The average molecular weight is 310 g/mol. The number of carbonyl (C=O) groups is 1. The molecule has 0 radical (unpaired) electrons. The van der Waals surface area contributed by atoms with Crippen molar-refractivity contribution in [3.8, 4) is 23.1 Å². The summed E-state index contributed by atoms with van der Waals surface area (Å²) in [6.07, 6.45) is 1.63.